The van der Waals surface area contributed by atoms with E-state index in [0.29, 0.717) is 19.1 Å². The van der Waals surface area contributed by atoms with Gasteiger partial charge in [-0.15, -0.1) is 5.10 Å². The quantitative estimate of drug-likeness (QED) is 0.364. The molecule has 2 heterocycles. The van der Waals surface area contributed by atoms with Crippen molar-refractivity contribution in [3.8, 4) is 0 Å². The third kappa shape index (κ3) is 5.09. The second-order valence-electron chi connectivity index (χ2n) is 9.87. The van der Waals surface area contributed by atoms with Crippen molar-refractivity contribution in [1.82, 2.24) is 30.1 Å². The zero-order chi connectivity index (χ0) is 25.1. The van der Waals surface area contributed by atoms with Crippen LogP contribution in [0.1, 0.15) is 74.0 Å². The minimum atomic E-state index is -0.263. The standard InChI is InChI=1S/C28H33FN6O/c1-3-25(27-31-32-33-35(27)17-20-12-14-23(29)15-13-20)34(24-10-5-4-6-11-24)18-22-16-21-9-7-8-19(2)26(21)30-28(22)36/h7-9,12-16,24-25H,3-6,10-11,17-18H2,1-2H3,(H,30,36)/t25-/m1/s1. The molecule has 0 amide bonds. The summed E-state index contributed by atoms with van der Waals surface area (Å²) in [5.41, 5.74) is 3.61. The molecule has 1 fully saturated rings. The first kappa shape index (κ1) is 24.3. The van der Waals surface area contributed by atoms with E-state index in [0.717, 1.165) is 52.7 Å². The molecule has 1 aliphatic carbocycles. The van der Waals surface area contributed by atoms with E-state index in [1.165, 1.54) is 31.4 Å². The summed E-state index contributed by atoms with van der Waals surface area (Å²) in [6.45, 7) is 5.16. The molecule has 2 aromatic carbocycles. The Morgan fingerprint density at radius 2 is 1.92 bits per heavy atom. The summed E-state index contributed by atoms with van der Waals surface area (Å²) in [7, 11) is 0. The molecule has 0 spiro atoms. The number of nitrogens with one attached hydrogen (secondary N) is 1. The van der Waals surface area contributed by atoms with Gasteiger partial charge in [-0.05, 0) is 71.3 Å². The first-order valence-corrected chi connectivity index (χ1v) is 12.9. The third-order valence-electron chi connectivity index (χ3n) is 7.45. The number of hydrogen-bond donors (Lipinski definition) is 1. The van der Waals surface area contributed by atoms with Gasteiger partial charge in [-0.2, -0.15) is 0 Å². The van der Waals surface area contributed by atoms with Gasteiger partial charge < -0.3 is 4.98 Å². The van der Waals surface area contributed by atoms with Crippen molar-refractivity contribution in [1.29, 1.82) is 0 Å². The molecule has 188 valence electrons. The zero-order valence-corrected chi connectivity index (χ0v) is 21.0. The van der Waals surface area contributed by atoms with Gasteiger partial charge in [-0.25, -0.2) is 9.07 Å². The fourth-order valence-electron chi connectivity index (χ4n) is 5.54. The number of fused-ring (bicyclic) bond motifs is 1. The third-order valence-corrected chi connectivity index (χ3v) is 7.45. The van der Waals surface area contributed by atoms with Gasteiger partial charge in [-0.3, -0.25) is 9.69 Å². The number of tetrazole rings is 1. The van der Waals surface area contributed by atoms with Gasteiger partial charge in [0.15, 0.2) is 5.82 Å². The summed E-state index contributed by atoms with van der Waals surface area (Å²) in [6.07, 6.45) is 6.63. The monoisotopic (exact) mass is 488 g/mol. The molecule has 1 aliphatic rings. The van der Waals surface area contributed by atoms with E-state index >= 15 is 0 Å². The van der Waals surface area contributed by atoms with Crippen LogP contribution >= 0.6 is 0 Å². The number of hydrogen-bond acceptors (Lipinski definition) is 5. The van der Waals surface area contributed by atoms with Crippen molar-refractivity contribution in [3.63, 3.8) is 0 Å². The van der Waals surface area contributed by atoms with Crippen LogP contribution in [0.5, 0.6) is 0 Å². The Morgan fingerprint density at radius 1 is 1.14 bits per heavy atom. The van der Waals surface area contributed by atoms with E-state index < -0.39 is 0 Å². The average Bonchev–Trinajstić information content (AvgIpc) is 3.34. The topological polar surface area (TPSA) is 79.7 Å². The number of H-pyrrole nitrogens is 1. The molecule has 1 N–H and O–H groups in total. The lowest BCUT2D eigenvalue weighted by Crippen LogP contribution is -2.41. The highest BCUT2D eigenvalue weighted by molar-refractivity contribution is 5.81. The molecule has 0 saturated heterocycles. The van der Waals surface area contributed by atoms with Gasteiger partial charge in [0.1, 0.15) is 5.82 Å². The summed E-state index contributed by atoms with van der Waals surface area (Å²) in [5, 5.41) is 13.8. The van der Waals surface area contributed by atoms with Crippen LogP contribution in [0.3, 0.4) is 0 Å². The lowest BCUT2D eigenvalue weighted by molar-refractivity contribution is 0.0844. The molecule has 36 heavy (non-hydrogen) atoms. The van der Waals surface area contributed by atoms with E-state index in [1.54, 1.807) is 12.1 Å². The van der Waals surface area contributed by atoms with Crippen molar-refractivity contribution in [2.45, 2.75) is 77.5 Å². The summed E-state index contributed by atoms with van der Waals surface area (Å²) in [5.74, 6) is 0.516. The maximum Gasteiger partial charge on any atom is 0.252 e. The maximum atomic E-state index is 13.4. The second kappa shape index (κ2) is 10.7. The Balaban J connectivity index is 1.50. The van der Waals surface area contributed by atoms with Gasteiger partial charge in [0.2, 0.25) is 0 Å². The Bertz CT molecular complexity index is 1370. The average molecular weight is 489 g/mol. The van der Waals surface area contributed by atoms with Crippen LogP contribution in [0, 0.1) is 12.7 Å². The minimum absolute atomic E-state index is 0.0432. The maximum absolute atomic E-state index is 13.4. The van der Waals surface area contributed by atoms with Crippen LogP contribution in [0.15, 0.2) is 53.3 Å². The lowest BCUT2D eigenvalue weighted by Gasteiger charge is -2.39. The first-order chi connectivity index (χ1) is 17.5. The molecule has 0 aliphatic heterocycles. The SMILES string of the molecule is CC[C@H](c1nnnn1Cc1ccc(F)cc1)N(Cc1cc2cccc(C)c2[nH]c1=O)C1CCCCC1. The van der Waals surface area contributed by atoms with Crippen molar-refractivity contribution in [3.05, 3.63) is 87.2 Å². The number of benzene rings is 2. The summed E-state index contributed by atoms with van der Waals surface area (Å²) in [4.78, 5) is 18.7. The van der Waals surface area contributed by atoms with Crippen molar-refractivity contribution < 1.29 is 4.39 Å². The van der Waals surface area contributed by atoms with Crippen LogP contribution in [0.25, 0.3) is 10.9 Å². The van der Waals surface area contributed by atoms with Crippen molar-refractivity contribution in [2.75, 3.05) is 0 Å². The molecule has 1 saturated carbocycles. The number of aryl methyl sites for hydroxylation is 1. The van der Waals surface area contributed by atoms with Gasteiger partial charge in [0.05, 0.1) is 18.1 Å². The van der Waals surface area contributed by atoms with Crippen LogP contribution in [-0.2, 0) is 13.1 Å². The van der Waals surface area contributed by atoms with E-state index in [1.807, 2.05) is 35.9 Å². The van der Waals surface area contributed by atoms with E-state index in [2.05, 4.69) is 32.3 Å². The van der Waals surface area contributed by atoms with Crippen LogP contribution in [-0.4, -0.2) is 36.1 Å². The highest BCUT2D eigenvalue weighted by Gasteiger charge is 2.32. The molecule has 4 aromatic rings. The molecular weight excluding hydrogens is 455 g/mol. The molecule has 1 atom stereocenters. The number of nitrogens with zero attached hydrogens (tertiary/aromatic N) is 5. The van der Waals surface area contributed by atoms with Gasteiger partial charge in [0, 0.05) is 18.2 Å². The number of aromatic nitrogens is 5. The largest absolute Gasteiger partial charge is 0.321 e. The number of para-hydroxylation sites is 1. The van der Waals surface area contributed by atoms with Crippen LogP contribution in [0.4, 0.5) is 4.39 Å². The Kier molecular flexibility index (Phi) is 7.23. The fourth-order valence-corrected chi connectivity index (χ4v) is 5.54. The van der Waals surface area contributed by atoms with Crippen LogP contribution < -0.4 is 5.56 Å². The van der Waals surface area contributed by atoms with E-state index in [4.69, 9.17) is 0 Å². The Morgan fingerprint density at radius 3 is 2.67 bits per heavy atom. The Hall–Kier alpha value is -3.39. The van der Waals surface area contributed by atoms with Gasteiger partial charge in [-0.1, -0.05) is 56.5 Å². The summed E-state index contributed by atoms with van der Waals surface area (Å²) < 4.78 is 15.2. The minimum Gasteiger partial charge on any atom is -0.321 e. The molecule has 2 aromatic heterocycles. The van der Waals surface area contributed by atoms with Gasteiger partial charge in [0.25, 0.3) is 5.56 Å². The molecule has 8 heteroatoms. The molecule has 0 unspecified atom stereocenters. The first-order valence-electron chi connectivity index (χ1n) is 12.9. The number of rotatable bonds is 8. The fraction of sp³-hybridized carbons (Fsp3) is 0.429. The van der Waals surface area contributed by atoms with E-state index in [-0.39, 0.29) is 17.4 Å². The lowest BCUT2D eigenvalue weighted by atomic mass is 9.92. The summed E-state index contributed by atoms with van der Waals surface area (Å²) in [6, 6.07) is 14.9. The highest BCUT2D eigenvalue weighted by Crippen LogP contribution is 2.33. The highest BCUT2D eigenvalue weighted by atomic mass is 19.1. The second-order valence-corrected chi connectivity index (χ2v) is 9.87. The Labute approximate surface area is 210 Å². The van der Waals surface area contributed by atoms with Crippen molar-refractivity contribution in [2.24, 2.45) is 0 Å². The predicted octanol–water partition coefficient (Wildman–Crippen LogP) is 5.30. The summed E-state index contributed by atoms with van der Waals surface area (Å²) >= 11 is 0. The molecule has 5 rings (SSSR count). The van der Waals surface area contributed by atoms with Crippen molar-refractivity contribution >= 4 is 10.9 Å². The normalized spacial score (nSPS) is 15.6. The number of pyridine rings is 1. The molecule has 7 nitrogen and oxygen atoms in total. The van der Waals surface area contributed by atoms with Crippen LogP contribution in [0.2, 0.25) is 0 Å². The smallest absolute Gasteiger partial charge is 0.252 e. The number of halogens is 1. The molecule has 0 bridgehead atoms. The number of aromatic amines is 1. The van der Waals surface area contributed by atoms with Gasteiger partial charge >= 0.3 is 0 Å². The molecule has 0 radical (unpaired) electrons. The zero-order valence-electron chi connectivity index (χ0n) is 21.0. The van der Waals surface area contributed by atoms with E-state index in [9.17, 15) is 9.18 Å². The predicted molar refractivity (Wildman–Crippen MR) is 138 cm³/mol. The molecular formula is C28H33FN6O.